The Labute approximate surface area is 164 Å². The molecule has 0 saturated heterocycles. The Bertz CT molecular complexity index is 915. The molecular weight excluding hydrogens is 395 g/mol. The summed E-state index contributed by atoms with van der Waals surface area (Å²) in [5.41, 5.74) is -1.03. The topological polar surface area (TPSA) is 60.2 Å². The van der Waals surface area contributed by atoms with Crippen LogP contribution in [0.2, 0.25) is 5.02 Å². The van der Waals surface area contributed by atoms with E-state index in [1.807, 2.05) is 0 Å². The van der Waals surface area contributed by atoms with Gasteiger partial charge in [0.2, 0.25) is 0 Å². The maximum absolute atomic E-state index is 13.8. The Morgan fingerprint density at radius 2 is 1.82 bits per heavy atom. The summed E-state index contributed by atoms with van der Waals surface area (Å²) >= 11 is 5.81. The molecule has 0 bridgehead atoms. The number of hydrogen-bond acceptors (Lipinski definition) is 4. The molecule has 5 nitrogen and oxygen atoms in total. The van der Waals surface area contributed by atoms with E-state index in [2.05, 4.69) is 10.1 Å². The lowest BCUT2D eigenvalue weighted by molar-refractivity contribution is -0.138. The number of nitrogens with zero attached hydrogens (tertiary/aromatic N) is 3. The lowest BCUT2D eigenvalue weighted by atomic mass is 9.94. The molecule has 0 radical (unpaired) electrons. The highest BCUT2D eigenvalue weighted by atomic mass is 35.5. The van der Waals surface area contributed by atoms with Crippen LogP contribution in [0.4, 0.5) is 13.2 Å². The van der Waals surface area contributed by atoms with E-state index in [1.54, 1.807) is 31.2 Å². The molecule has 3 aromatic rings. The minimum atomic E-state index is -4.65. The summed E-state index contributed by atoms with van der Waals surface area (Å²) in [6.45, 7) is 1.68. The zero-order valence-corrected chi connectivity index (χ0v) is 15.5. The predicted molar refractivity (Wildman–Crippen MR) is 97.4 cm³/mol. The van der Waals surface area contributed by atoms with Crippen LogP contribution in [0.5, 0.6) is 11.5 Å². The minimum Gasteiger partial charge on any atom is -0.457 e. The Morgan fingerprint density at radius 1 is 1.14 bits per heavy atom. The molecule has 2 atom stereocenters. The number of hydrogen-bond donors (Lipinski definition) is 1. The van der Waals surface area contributed by atoms with Crippen molar-refractivity contribution in [3.05, 3.63) is 71.3 Å². The van der Waals surface area contributed by atoms with Crippen molar-refractivity contribution in [3.63, 3.8) is 0 Å². The monoisotopic (exact) mass is 411 g/mol. The SMILES string of the molecule is CCC(O)C(c1ccc(Oc2ccc(Cl)cc2)cc1C(F)(F)F)n1cncn1. The largest absolute Gasteiger partial charge is 0.457 e. The smallest absolute Gasteiger partial charge is 0.416 e. The summed E-state index contributed by atoms with van der Waals surface area (Å²) in [5.74, 6) is 0.369. The average Bonchev–Trinajstić information content (AvgIpc) is 3.18. The minimum absolute atomic E-state index is 0.0155. The fourth-order valence-corrected chi connectivity index (χ4v) is 2.98. The van der Waals surface area contributed by atoms with Crippen LogP contribution in [0.25, 0.3) is 0 Å². The molecule has 1 aromatic heterocycles. The molecule has 0 fully saturated rings. The lowest BCUT2D eigenvalue weighted by Gasteiger charge is -2.26. The summed E-state index contributed by atoms with van der Waals surface area (Å²) in [4.78, 5) is 3.78. The number of benzene rings is 2. The van der Waals surface area contributed by atoms with Crippen LogP contribution < -0.4 is 4.74 Å². The molecule has 28 heavy (non-hydrogen) atoms. The van der Waals surface area contributed by atoms with Crippen LogP contribution in [0.15, 0.2) is 55.1 Å². The Hall–Kier alpha value is -2.58. The van der Waals surface area contributed by atoms with E-state index in [-0.39, 0.29) is 17.7 Å². The second-order valence-electron chi connectivity index (χ2n) is 6.10. The number of alkyl halides is 3. The second kappa shape index (κ2) is 8.20. The van der Waals surface area contributed by atoms with Crippen molar-refractivity contribution in [2.45, 2.75) is 31.7 Å². The Kier molecular flexibility index (Phi) is 5.90. The first-order valence-electron chi connectivity index (χ1n) is 8.46. The molecule has 0 amide bonds. The summed E-state index contributed by atoms with van der Waals surface area (Å²) in [7, 11) is 0. The van der Waals surface area contributed by atoms with Gasteiger partial charge in [-0.25, -0.2) is 9.67 Å². The van der Waals surface area contributed by atoms with Gasteiger partial charge in [-0.3, -0.25) is 0 Å². The van der Waals surface area contributed by atoms with Crippen LogP contribution in [0, 0.1) is 0 Å². The normalized spacial score (nSPS) is 13.9. The van der Waals surface area contributed by atoms with Gasteiger partial charge in [-0.1, -0.05) is 24.6 Å². The van der Waals surface area contributed by atoms with E-state index in [0.717, 1.165) is 6.07 Å². The molecule has 1 heterocycles. The molecule has 2 aromatic carbocycles. The van der Waals surface area contributed by atoms with Crippen molar-refractivity contribution in [1.29, 1.82) is 0 Å². The third-order valence-electron chi connectivity index (χ3n) is 4.20. The molecule has 0 aliphatic carbocycles. The van der Waals surface area contributed by atoms with Gasteiger partial charge in [0.25, 0.3) is 0 Å². The molecule has 1 N–H and O–H groups in total. The molecule has 0 saturated carbocycles. The van der Waals surface area contributed by atoms with E-state index in [0.29, 0.717) is 10.8 Å². The van der Waals surface area contributed by atoms with E-state index >= 15 is 0 Å². The van der Waals surface area contributed by atoms with Crippen molar-refractivity contribution in [2.75, 3.05) is 0 Å². The van der Waals surface area contributed by atoms with Crippen LogP contribution in [0.3, 0.4) is 0 Å². The van der Waals surface area contributed by atoms with Gasteiger partial charge in [0, 0.05) is 5.02 Å². The Balaban J connectivity index is 2.04. The quantitative estimate of drug-likeness (QED) is 0.612. The van der Waals surface area contributed by atoms with Gasteiger partial charge in [-0.2, -0.15) is 18.3 Å². The van der Waals surface area contributed by atoms with Gasteiger partial charge in [0.05, 0.1) is 11.7 Å². The molecule has 0 aliphatic heterocycles. The standard InChI is InChI=1S/C19H17ClF3N3O2/c1-2-17(27)18(26-11-24-10-25-26)15-8-7-14(9-16(15)19(21,22)23)28-13-5-3-12(20)4-6-13/h3-11,17-18,27H,2H2,1H3. The fraction of sp³-hybridized carbons (Fsp3) is 0.263. The highest BCUT2D eigenvalue weighted by Crippen LogP contribution is 2.40. The van der Waals surface area contributed by atoms with Crippen LogP contribution in [-0.4, -0.2) is 26.0 Å². The zero-order chi connectivity index (χ0) is 20.3. The van der Waals surface area contributed by atoms with Gasteiger partial charge >= 0.3 is 6.18 Å². The first kappa shape index (κ1) is 20.2. The van der Waals surface area contributed by atoms with E-state index < -0.39 is 23.9 Å². The number of aliphatic hydroxyl groups excluding tert-OH is 1. The van der Waals surface area contributed by atoms with Crippen LogP contribution in [0.1, 0.15) is 30.5 Å². The van der Waals surface area contributed by atoms with E-state index in [4.69, 9.17) is 16.3 Å². The van der Waals surface area contributed by atoms with Gasteiger partial charge in [-0.05, 0) is 48.4 Å². The summed E-state index contributed by atoms with van der Waals surface area (Å²) in [5, 5.41) is 14.8. The molecule has 0 aliphatic rings. The van der Waals surface area contributed by atoms with Crippen LogP contribution >= 0.6 is 11.6 Å². The molecule has 2 unspecified atom stereocenters. The van der Waals surface area contributed by atoms with Gasteiger partial charge < -0.3 is 9.84 Å². The predicted octanol–water partition coefficient (Wildman–Crippen LogP) is 5.10. The fourth-order valence-electron chi connectivity index (χ4n) is 2.85. The zero-order valence-electron chi connectivity index (χ0n) is 14.8. The highest BCUT2D eigenvalue weighted by molar-refractivity contribution is 6.30. The summed E-state index contributed by atoms with van der Waals surface area (Å²) in [6, 6.07) is 8.86. The molecule has 148 valence electrons. The van der Waals surface area contributed by atoms with Crippen molar-refractivity contribution in [2.24, 2.45) is 0 Å². The number of halogens is 4. The Morgan fingerprint density at radius 3 is 2.39 bits per heavy atom. The average molecular weight is 412 g/mol. The van der Waals surface area contributed by atoms with Gasteiger partial charge in [-0.15, -0.1) is 0 Å². The molecule has 3 rings (SSSR count). The summed E-state index contributed by atoms with van der Waals surface area (Å²) in [6.07, 6.45) is -3.00. The molecule has 0 spiro atoms. The molecule has 9 heteroatoms. The van der Waals surface area contributed by atoms with Crippen molar-refractivity contribution >= 4 is 11.6 Å². The first-order valence-corrected chi connectivity index (χ1v) is 8.84. The number of aromatic nitrogens is 3. The third-order valence-corrected chi connectivity index (χ3v) is 4.45. The number of ether oxygens (including phenoxy) is 1. The van der Waals surface area contributed by atoms with Crippen molar-refractivity contribution in [1.82, 2.24) is 14.8 Å². The van der Waals surface area contributed by atoms with Crippen LogP contribution in [-0.2, 0) is 6.18 Å². The number of rotatable bonds is 6. The maximum Gasteiger partial charge on any atom is 0.416 e. The summed E-state index contributed by atoms with van der Waals surface area (Å²) < 4.78 is 48.1. The van der Waals surface area contributed by atoms with Crippen molar-refractivity contribution in [3.8, 4) is 11.5 Å². The molecular formula is C19H17ClF3N3O2. The van der Waals surface area contributed by atoms with Crippen molar-refractivity contribution < 1.29 is 23.0 Å². The van der Waals surface area contributed by atoms with Gasteiger partial charge in [0.1, 0.15) is 30.2 Å². The lowest BCUT2D eigenvalue weighted by Crippen LogP contribution is -2.27. The number of aliphatic hydroxyl groups is 1. The van der Waals surface area contributed by atoms with E-state index in [1.165, 1.54) is 29.5 Å². The van der Waals surface area contributed by atoms with E-state index in [9.17, 15) is 18.3 Å². The second-order valence-corrected chi connectivity index (χ2v) is 6.54. The van der Waals surface area contributed by atoms with Gasteiger partial charge in [0.15, 0.2) is 0 Å². The maximum atomic E-state index is 13.8. The first-order chi connectivity index (χ1) is 13.3. The highest BCUT2D eigenvalue weighted by Gasteiger charge is 2.38. The third kappa shape index (κ3) is 4.45.